The van der Waals surface area contributed by atoms with Crippen LogP contribution in [0, 0.1) is 5.92 Å². The zero-order valence-electron chi connectivity index (χ0n) is 8.97. The molecule has 0 spiro atoms. The molecule has 0 aromatic rings. The van der Waals surface area contributed by atoms with Gasteiger partial charge in [0.1, 0.15) is 0 Å². The van der Waals surface area contributed by atoms with Crippen LogP contribution >= 0.6 is 0 Å². The van der Waals surface area contributed by atoms with Gasteiger partial charge in [-0.15, -0.1) is 0 Å². The lowest BCUT2D eigenvalue weighted by Gasteiger charge is -2.37. The highest BCUT2D eigenvalue weighted by Crippen LogP contribution is 2.23. The molecule has 0 aromatic carbocycles. The van der Waals surface area contributed by atoms with Gasteiger partial charge in [-0.05, 0) is 18.8 Å². The molecule has 1 fully saturated rings. The average Bonchev–Trinajstić information content (AvgIpc) is 2.09. The molecule has 2 N–H and O–H groups in total. The molecule has 1 saturated heterocycles. The molecule has 0 aromatic heterocycles. The van der Waals surface area contributed by atoms with E-state index in [0.717, 1.165) is 12.8 Å². The molecule has 1 heterocycles. The number of piperidine rings is 1. The standard InChI is InChI=1S/C8H19N3O2S/c1-7-5-4-6-11(8(7)9)14(12,13)10(2)3/h7-8H,4-6,9H2,1-3H3. The summed E-state index contributed by atoms with van der Waals surface area (Å²) in [5.41, 5.74) is 5.87. The Kier molecular flexibility index (Phi) is 3.52. The maximum Gasteiger partial charge on any atom is 0.282 e. The van der Waals surface area contributed by atoms with Gasteiger partial charge in [-0.25, -0.2) is 0 Å². The maximum absolute atomic E-state index is 11.8. The second-order valence-corrected chi connectivity index (χ2v) is 6.11. The van der Waals surface area contributed by atoms with Crippen molar-refractivity contribution in [2.45, 2.75) is 25.9 Å². The fraction of sp³-hybridized carbons (Fsp3) is 1.00. The summed E-state index contributed by atoms with van der Waals surface area (Å²) in [6.07, 6.45) is 1.51. The number of rotatable bonds is 2. The molecule has 14 heavy (non-hydrogen) atoms. The minimum absolute atomic E-state index is 0.235. The molecular formula is C8H19N3O2S. The van der Waals surface area contributed by atoms with E-state index >= 15 is 0 Å². The summed E-state index contributed by atoms with van der Waals surface area (Å²) >= 11 is 0. The van der Waals surface area contributed by atoms with E-state index < -0.39 is 10.2 Å². The minimum atomic E-state index is -3.34. The Balaban J connectivity index is 2.87. The monoisotopic (exact) mass is 221 g/mol. The van der Waals surface area contributed by atoms with Gasteiger partial charge in [0.2, 0.25) is 0 Å². The summed E-state index contributed by atoms with van der Waals surface area (Å²) in [5.74, 6) is 0.235. The van der Waals surface area contributed by atoms with Crippen LogP contribution in [-0.4, -0.2) is 43.8 Å². The number of nitrogens with zero attached hydrogens (tertiary/aromatic N) is 2. The second kappa shape index (κ2) is 4.14. The Bertz CT molecular complexity index is 289. The number of hydrogen-bond acceptors (Lipinski definition) is 3. The van der Waals surface area contributed by atoms with Crippen LogP contribution in [0.15, 0.2) is 0 Å². The van der Waals surface area contributed by atoms with Crippen molar-refractivity contribution in [2.75, 3.05) is 20.6 Å². The highest BCUT2D eigenvalue weighted by Gasteiger charge is 2.34. The molecule has 6 heteroatoms. The molecule has 0 bridgehead atoms. The van der Waals surface area contributed by atoms with E-state index in [2.05, 4.69) is 0 Å². The minimum Gasteiger partial charge on any atom is -0.315 e. The van der Waals surface area contributed by atoms with E-state index in [1.165, 1.54) is 22.7 Å². The summed E-state index contributed by atoms with van der Waals surface area (Å²) in [6, 6.07) is 0. The first kappa shape index (κ1) is 11.9. The van der Waals surface area contributed by atoms with E-state index in [9.17, 15) is 8.42 Å². The first-order chi connectivity index (χ1) is 6.37. The van der Waals surface area contributed by atoms with E-state index in [0.29, 0.717) is 6.54 Å². The van der Waals surface area contributed by atoms with Crippen LogP contribution in [-0.2, 0) is 10.2 Å². The van der Waals surface area contributed by atoms with Gasteiger partial charge in [0.15, 0.2) is 0 Å². The largest absolute Gasteiger partial charge is 0.315 e. The molecule has 0 aliphatic carbocycles. The Morgan fingerprint density at radius 1 is 1.43 bits per heavy atom. The van der Waals surface area contributed by atoms with Crippen LogP contribution < -0.4 is 5.73 Å². The molecule has 2 atom stereocenters. The highest BCUT2D eigenvalue weighted by molar-refractivity contribution is 7.86. The van der Waals surface area contributed by atoms with Crippen molar-refractivity contribution >= 4 is 10.2 Å². The molecule has 0 amide bonds. The summed E-state index contributed by atoms with van der Waals surface area (Å²) < 4.78 is 26.2. The van der Waals surface area contributed by atoms with Gasteiger partial charge in [-0.2, -0.15) is 17.0 Å². The molecule has 1 aliphatic rings. The molecular weight excluding hydrogens is 202 g/mol. The van der Waals surface area contributed by atoms with Crippen LogP contribution in [0.25, 0.3) is 0 Å². The zero-order valence-corrected chi connectivity index (χ0v) is 9.79. The van der Waals surface area contributed by atoms with E-state index in [4.69, 9.17) is 5.73 Å². The fourth-order valence-corrected chi connectivity index (χ4v) is 2.95. The normalized spacial score (nSPS) is 30.9. The molecule has 0 radical (unpaired) electrons. The lowest BCUT2D eigenvalue weighted by molar-refractivity contribution is 0.184. The van der Waals surface area contributed by atoms with Gasteiger partial charge in [-0.1, -0.05) is 6.92 Å². The molecule has 0 saturated carbocycles. The first-order valence-electron chi connectivity index (χ1n) is 4.82. The topological polar surface area (TPSA) is 66.6 Å². The van der Waals surface area contributed by atoms with Gasteiger partial charge in [-0.3, -0.25) is 0 Å². The van der Waals surface area contributed by atoms with Crippen LogP contribution in [0.2, 0.25) is 0 Å². The highest BCUT2D eigenvalue weighted by atomic mass is 32.2. The quantitative estimate of drug-likeness (QED) is 0.703. The predicted molar refractivity (Wildman–Crippen MR) is 55.7 cm³/mol. The third-order valence-corrected chi connectivity index (χ3v) is 4.65. The predicted octanol–water partition coefficient (Wildman–Crippen LogP) is -0.190. The van der Waals surface area contributed by atoms with Gasteiger partial charge >= 0.3 is 0 Å². The summed E-state index contributed by atoms with van der Waals surface area (Å²) in [6.45, 7) is 2.52. The SMILES string of the molecule is CC1CCCN(S(=O)(=O)N(C)C)C1N. The van der Waals surface area contributed by atoms with Crippen molar-refractivity contribution in [1.29, 1.82) is 0 Å². The zero-order chi connectivity index (χ0) is 10.9. The van der Waals surface area contributed by atoms with E-state index in [-0.39, 0.29) is 12.1 Å². The Hall–Kier alpha value is -0.170. The summed E-state index contributed by atoms with van der Waals surface area (Å²) in [5, 5.41) is 0. The van der Waals surface area contributed by atoms with Crippen LogP contribution in [0.1, 0.15) is 19.8 Å². The van der Waals surface area contributed by atoms with Crippen LogP contribution in [0.5, 0.6) is 0 Å². The lowest BCUT2D eigenvalue weighted by atomic mass is 9.99. The third-order valence-electron chi connectivity index (χ3n) is 2.71. The molecule has 84 valence electrons. The molecule has 2 unspecified atom stereocenters. The van der Waals surface area contributed by atoms with Crippen molar-refractivity contribution in [3.05, 3.63) is 0 Å². The van der Waals surface area contributed by atoms with Crippen LogP contribution in [0.4, 0.5) is 0 Å². The molecule has 1 rings (SSSR count). The van der Waals surface area contributed by atoms with Crippen molar-refractivity contribution in [1.82, 2.24) is 8.61 Å². The number of hydrogen-bond donors (Lipinski definition) is 1. The summed E-state index contributed by atoms with van der Waals surface area (Å²) in [7, 11) is -0.282. The summed E-state index contributed by atoms with van der Waals surface area (Å²) in [4.78, 5) is 0. The van der Waals surface area contributed by atoms with E-state index in [1.54, 1.807) is 0 Å². The number of nitrogens with two attached hydrogens (primary N) is 1. The lowest BCUT2D eigenvalue weighted by Crippen LogP contribution is -2.55. The van der Waals surface area contributed by atoms with Crippen LogP contribution in [0.3, 0.4) is 0 Å². The fourth-order valence-electron chi connectivity index (χ4n) is 1.65. The smallest absolute Gasteiger partial charge is 0.282 e. The Morgan fingerprint density at radius 2 is 2.00 bits per heavy atom. The Morgan fingerprint density at radius 3 is 2.50 bits per heavy atom. The van der Waals surface area contributed by atoms with Crippen molar-refractivity contribution < 1.29 is 8.42 Å². The molecule has 1 aliphatic heterocycles. The second-order valence-electron chi connectivity index (χ2n) is 4.01. The first-order valence-corrected chi connectivity index (χ1v) is 6.22. The van der Waals surface area contributed by atoms with Crippen molar-refractivity contribution in [3.63, 3.8) is 0 Å². The van der Waals surface area contributed by atoms with Gasteiger partial charge in [0, 0.05) is 20.6 Å². The maximum atomic E-state index is 11.8. The molecule has 5 nitrogen and oxygen atoms in total. The Labute approximate surface area is 86.0 Å². The van der Waals surface area contributed by atoms with Gasteiger partial charge < -0.3 is 5.73 Å². The average molecular weight is 221 g/mol. The van der Waals surface area contributed by atoms with Crippen molar-refractivity contribution in [2.24, 2.45) is 11.7 Å². The third kappa shape index (κ3) is 2.08. The van der Waals surface area contributed by atoms with Crippen molar-refractivity contribution in [3.8, 4) is 0 Å². The van der Waals surface area contributed by atoms with Gasteiger partial charge in [0.05, 0.1) is 6.17 Å². The van der Waals surface area contributed by atoms with Gasteiger partial charge in [0.25, 0.3) is 10.2 Å². The van der Waals surface area contributed by atoms with E-state index in [1.807, 2.05) is 6.92 Å².